The summed E-state index contributed by atoms with van der Waals surface area (Å²) in [6.07, 6.45) is 4.54. The first-order chi connectivity index (χ1) is 8.24. The van der Waals surface area contributed by atoms with Crippen molar-refractivity contribution in [3.8, 4) is 6.07 Å². The molecular formula is C13H12N2OS. The van der Waals surface area contributed by atoms with Crippen molar-refractivity contribution in [2.75, 3.05) is 0 Å². The molecule has 1 aliphatic carbocycles. The minimum Gasteiger partial charge on any atom is -0.314 e. The number of thiophene rings is 1. The number of fused-ring (bicyclic) bond motifs is 1. The van der Waals surface area contributed by atoms with Gasteiger partial charge in [-0.05, 0) is 30.4 Å². The van der Waals surface area contributed by atoms with Gasteiger partial charge in [0, 0.05) is 29.3 Å². The Morgan fingerprint density at radius 1 is 1.47 bits per heavy atom. The smallest absolute Gasteiger partial charge is 0.259 e. The summed E-state index contributed by atoms with van der Waals surface area (Å²) >= 11 is 1.59. The number of aromatic nitrogens is 1. The van der Waals surface area contributed by atoms with Crippen LogP contribution in [0, 0.1) is 16.7 Å². The molecule has 17 heavy (non-hydrogen) atoms. The lowest BCUT2D eigenvalue weighted by Crippen LogP contribution is -2.23. The number of nitriles is 1. The normalized spacial score (nSPS) is 16.9. The fourth-order valence-electron chi connectivity index (χ4n) is 2.23. The molecule has 1 aliphatic rings. The van der Waals surface area contributed by atoms with Crippen LogP contribution in [-0.2, 0) is 6.54 Å². The molecule has 2 heterocycles. The molecule has 1 fully saturated rings. The van der Waals surface area contributed by atoms with Gasteiger partial charge in [-0.25, -0.2) is 0 Å². The summed E-state index contributed by atoms with van der Waals surface area (Å²) in [6.45, 7) is 0.686. The van der Waals surface area contributed by atoms with Crippen LogP contribution in [0.5, 0.6) is 0 Å². The lowest BCUT2D eigenvalue weighted by molar-refractivity contribution is 0.425. The van der Waals surface area contributed by atoms with E-state index in [4.69, 9.17) is 5.26 Å². The fourth-order valence-corrected chi connectivity index (χ4v) is 3.00. The molecule has 2 aromatic rings. The Kier molecular flexibility index (Phi) is 2.30. The Morgan fingerprint density at radius 3 is 3.00 bits per heavy atom. The van der Waals surface area contributed by atoms with Crippen LogP contribution in [0.1, 0.15) is 19.3 Å². The first-order valence-electron chi connectivity index (χ1n) is 5.68. The van der Waals surface area contributed by atoms with E-state index in [0.717, 1.165) is 22.9 Å². The van der Waals surface area contributed by atoms with Crippen LogP contribution in [0.3, 0.4) is 0 Å². The van der Waals surface area contributed by atoms with Crippen molar-refractivity contribution >= 4 is 21.4 Å². The SMILES string of the molecule is N#CCC1(Cn2ccc3sccc3c2=O)CC1. The van der Waals surface area contributed by atoms with Crippen LogP contribution in [0.4, 0.5) is 0 Å². The molecule has 0 atom stereocenters. The Bertz CT molecular complexity index is 658. The molecule has 86 valence electrons. The second kappa shape index (κ2) is 3.71. The average molecular weight is 244 g/mol. The van der Waals surface area contributed by atoms with Crippen molar-refractivity contribution < 1.29 is 0 Å². The minimum atomic E-state index is 0.0717. The largest absolute Gasteiger partial charge is 0.314 e. The quantitative estimate of drug-likeness (QED) is 0.833. The molecule has 3 nitrogen and oxygen atoms in total. The highest BCUT2D eigenvalue weighted by Crippen LogP contribution is 2.49. The Hall–Kier alpha value is -1.60. The zero-order chi connectivity index (χ0) is 11.9. The van der Waals surface area contributed by atoms with E-state index in [1.54, 1.807) is 15.9 Å². The minimum absolute atomic E-state index is 0.0717. The first kappa shape index (κ1) is 10.5. The van der Waals surface area contributed by atoms with E-state index in [2.05, 4.69) is 6.07 Å². The van der Waals surface area contributed by atoms with Crippen LogP contribution >= 0.6 is 11.3 Å². The van der Waals surface area contributed by atoms with E-state index in [1.165, 1.54) is 0 Å². The van der Waals surface area contributed by atoms with E-state index >= 15 is 0 Å². The van der Waals surface area contributed by atoms with Gasteiger partial charge < -0.3 is 4.57 Å². The van der Waals surface area contributed by atoms with Gasteiger partial charge in [-0.3, -0.25) is 4.79 Å². The van der Waals surface area contributed by atoms with Gasteiger partial charge in [-0.15, -0.1) is 11.3 Å². The summed E-state index contributed by atoms with van der Waals surface area (Å²) in [6, 6.07) is 6.10. The van der Waals surface area contributed by atoms with Gasteiger partial charge in [0.1, 0.15) is 0 Å². The van der Waals surface area contributed by atoms with Crippen LogP contribution in [0.25, 0.3) is 10.1 Å². The first-order valence-corrected chi connectivity index (χ1v) is 6.56. The number of hydrogen-bond acceptors (Lipinski definition) is 3. The molecule has 0 amide bonds. The molecule has 1 saturated carbocycles. The summed E-state index contributed by atoms with van der Waals surface area (Å²) in [5.74, 6) is 0. The summed E-state index contributed by atoms with van der Waals surface area (Å²) < 4.78 is 2.80. The van der Waals surface area contributed by atoms with Crippen molar-refractivity contribution in [1.29, 1.82) is 5.26 Å². The van der Waals surface area contributed by atoms with Crippen LogP contribution in [0.2, 0.25) is 0 Å². The van der Waals surface area contributed by atoms with Gasteiger partial charge in [-0.2, -0.15) is 5.26 Å². The molecule has 0 bridgehead atoms. The van der Waals surface area contributed by atoms with Crippen molar-refractivity contribution in [3.63, 3.8) is 0 Å². The molecule has 0 aliphatic heterocycles. The topological polar surface area (TPSA) is 45.8 Å². The lowest BCUT2D eigenvalue weighted by atomic mass is 10.0. The monoisotopic (exact) mass is 244 g/mol. The lowest BCUT2D eigenvalue weighted by Gasteiger charge is -2.13. The molecule has 0 radical (unpaired) electrons. The highest BCUT2D eigenvalue weighted by molar-refractivity contribution is 7.17. The Morgan fingerprint density at radius 2 is 2.29 bits per heavy atom. The van der Waals surface area contributed by atoms with Gasteiger partial charge in [0.15, 0.2) is 0 Å². The molecule has 0 saturated heterocycles. The van der Waals surface area contributed by atoms with Crippen molar-refractivity contribution in [3.05, 3.63) is 34.1 Å². The number of rotatable bonds is 3. The van der Waals surface area contributed by atoms with Gasteiger partial charge >= 0.3 is 0 Å². The second-order valence-electron chi connectivity index (χ2n) is 4.78. The van der Waals surface area contributed by atoms with E-state index in [1.807, 2.05) is 23.7 Å². The predicted octanol–water partition coefficient (Wildman–Crippen LogP) is 2.76. The maximum atomic E-state index is 12.2. The summed E-state index contributed by atoms with van der Waals surface area (Å²) in [5.41, 5.74) is 0.149. The molecular weight excluding hydrogens is 232 g/mol. The highest BCUT2D eigenvalue weighted by Gasteiger charge is 2.42. The summed E-state index contributed by atoms with van der Waals surface area (Å²) in [4.78, 5) is 12.2. The summed E-state index contributed by atoms with van der Waals surface area (Å²) in [7, 11) is 0. The van der Waals surface area contributed by atoms with E-state index < -0.39 is 0 Å². The maximum Gasteiger partial charge on any atom is 0.259 e. The predicted molar refractivity (Wildman–Crippen MR) is 68.0 cm³/mol. The number of nitrogens with zero attached hydrogens (tertiary/aromatic N) is 2. The zero-order valence-corrected chi connectivity index (χ0v) is 10.2. The molecule has 0 unspecified atom stereocenters. The van der Waals surface area contributed by atoms with Crippen molar-refractivity contribution in [2.45, 2.75) is 25.8 Å². The van der Waals surface area contributed by atoms with Gasteiger partial charge in [0.25, 0.3) is 5.56 Å². The van der Waals surface area contributed by atoms with Crippen LogP contribution < -0.4 is 5.56 Å². The summed E-state index contributed by atoms with van der Waals surface area (Å²) in [5, 5.41) is 11.5. The second-order valence-corrected chi connectivity index (χ2v) is 5.73. The van der Waals surface area contributed by atoms with E-state index in [0.29, 0.717) is 13.0 Å². The third-order valence-electron chi connectivity index (χ3n) is 3.51. The fraction of sp³-hybridized carbons (Fsp3) is 0.385. The molecule has 0 N–H and O–H groups in total. The van der Waals surface area contributed by atoms with Crippen molar-refractivity contribution in [1.82, 2.24) is 4.57 Å². The molecule has 0 aromatic carbocycles. The third-order valence-corrected chi connectivity index (χ3v) is 4.39. The molecule has 4 heteroatoms. The van der Waals surface area contributed by atoms with Gasteiger partial charge in [0.05, 0.1) is 11.5 Å². The highest BCUT2D eigenvalue weighted by atomic mass is 32.1. The van der Waals surface area contributed by atoms with E-state index in [9.17, 15) is 4.79 Å². The average Bonchev–Trinajstić information content (AvgIpc) is 2.90. The van der Waals surface area contributed by atoms with Crippen molar-refractivity contribution in [2.24, 2.45) is 5.41 Å². The maximum absolute atomic E-state index is 12.2. The number of pyridine rings is 1. The third kappa shape index (κ3) is 1.77. The molecule has 2 aromatic heterocycles. The Balaban J connectivity index is 1.99. The van der Waals surface area contributed by atoms with E-state index in [-0.39, 0.29) is 11.0 Å². The number of hydrogen-bond donors (Lipinski definition) is 0. The van der Waals surface area contributed by atoms with Gasteiger partial charge in [-0.1, -0.05) is 0 Å². The molecule has 0 spiro atoms. The Labute approximate surface area is 103 Å². The van der Waals surface area contributed by atoms with Crippen LogP contribution in [0.15, 0.2) is 28.5 Å². The van der Waals surface area contributed by atoms with Crippen LogP contribution in [-0.4, -0.2) is 4.57 Å². The zero-order valence-electron chi connectivity index (χ0n) is 9.35. The van der Waals surface area contributed by atoms with Gasteiger partial charge in [0.2, 0.25) is 0 Å². The molecule has 3 rings (SSSR count). The standard InChI is InChI=1S/C13H12N2OS/c14-6-5-13(3-4-13)9-15-7-1-11-10(12(15)16)2-8-17-11/h1-2,7-8H,3-5,9H2.